The van der Waals surface area contributed by atoms with Crippen molar-refractivity contribution in [3.8, 4) is 22.8 Å². The Kier molecular flexibility index (Phi) is 4.01. The van der Waals surface area contributed by atoms with Gasteiger partial charge in [-0.3, -0.25) is 0 Å². The zero-order valence-electron chi connectivity index (χ0n) is 13.3. The first-order valence-corrected chi connectivity index (χ1v) is 7.56. The number of aromatic nitrogens is 1. The van der Waals surface area contributed by atoms with Crippen LogP contribution in [0.4, 0.5) is 0 Å². The van der Waals surface area contributed by atoms with E-state index in [4.69, 9.17) is 26.9 Å². The van der Waals surface area contributed by atoms with Crippen molar-refractivity contribution < 1.29 is 14.1 Å². The van der Waals surface area contributed by atoms with Crippen LogP contribution in [0.15, 0.2) is 42.5 Å². The SMILES string of the molecule is COc1ccc2cc(C)[n+](N)c(-c3ccc(Cl)cc3)c2c1OC. The van der Waals surface area contributed by atoms with Crippen LogP contribution in [0.25, 0.3) is 22.0 Å². The Labute approximate surface area is 140 Å². The lowest BCUT2D eigenvalue weighted by Crippen LogP contribution is -2.49. The number of halogens is 1. The van der Waals surface area contributed by atoms with Crippen LogP contribution in [-0.4, -0.2) is 14.2 Å². The van der Waals surface area contributed by atoms with Crippen molar-refractivity contribution >= 4 is 22.4 Å². The van der Waals surface area contributed by atoms with Crippen LogP contribution in [0.1, 0.15) is 5.69 Å². The van der Waals surface area contributed by atoms with Crippen molar-refractivity contribution in [1.29, 1.82) is 0 Å². The van der Waals surface area contributed by atoms with E-state index < -0.39 is 0 Å². The molecule has 0 saturated carbocycles. The van der Waals surface area contributed by atoms with Gasteiger partial charge in [-0.05, 0) is 41.8 Å². The van der Waals surface area contributed by atoms with Crippen molar-refractivity contribution in [2.75, 3.05) is 20.1 Å². The second-order valence-electron chi connectivity index (χ2n) is 5.28. The maximum absolute atomic E-state index is 6.32. The molecular weight excluding hydrogens is 312 g/mol. The van der Waals surface area contributed by atoms with Crippen molar-refractivity contribution in [2.24, 2.45) is 0 Å². The fraction of sp³-hybridized carbons (Fsp3) is 0.167. The molecular formula is C18H18ClN2O2+. The van der Waals surface area contributed by atoms with Gasteiger partial charge in [0.2, 0.25) is 5.69 Å². The molecule has 2 aromatic carbocycles. The molecule has 0 saturated heterocycles. The molecule has 0 atom stereocenters. The first-order chi connectivity index (χ1) is 11.1. The van der Waals surface area contributed by atoms with Gasteiger partial charge in [-0.25, -0.2) is 5.84 Å². The van der Waals surface area contributed by atoms with E-state index >= 15 is 0 Å². The van der Waals surface area contributed by atoms with Crippen molar-refractivity contribution in [2.45, 2.75) is 6.92 Å². The van der Waals surface area contributed by atoms with Crippen molar-refractivity contribution in [1.82, 2.24) is 0 Å². The molecule has 0 aliphatic carbocycles. The summed E-state index contributed by atoms with van der Waals surface area (Å²) in [4.78, 5) is 0. The molecule has 0 amide bonds. The number of aryl methyl sites for hydroxylation is 1. The minimum Gasteiger partial charge on any atom is -0.493 e. The Bertz CT molecular complexity index is 877. The number of nitrogen functional groups attached to an aromatic ring is 1. The highest BCUT2D eigenvalue weighted by Crippen LogP contribution is 2.39. The summed E-state index contributed by atoms with van der Waals surface area (Å²) in [6, 6.07) is 13.5. The van der Waals surface area contributed by atoms with Gasteiger partial charge in [0.25, 0.3) is 5.69 Å². The largest absolute Gasteiger partial charge is 0.493 e. The minimum atomic E-state index is 0.661. The van der Waals surface area contributed by atoms with E-state index in [0.29, 0.717) is 16.5 Å². The molecule has 3 rings (SSSR count). The molecule has 0 bridgehead atoms. The second-order valence-corrected chi connectivity index (χ2v) is 5.71. The van der Waals surface area contributed by atoms with Crippen LogP contribution in [0.5, 0.6) is 11.5 Å². The molecule has 23 heavy (non-hydrogen) atoms. The van der Waals surface area contributed by atoms with Crippen molar-refractivity contribution in [3.05, 3.63) is 53.2 Å². The summed E-state index contributed by atoms with van der Waals surface area (Å²) >= 11 is 6.01. The first kappa shape index (κ1) is 15.4. The van der Waals surface area contributed by atoms with Gasteiger partial charge in [-0.1, -0.05) is 16.3 Å². The number of nitrogens with zero attached hydrogens (tertiary/aromatic N) is 1. The summed E-state index contributed by atoms with van der Waals surface area (Å²) in [6.45, 7) is 1.97. The average molecular weight is 330 g/mol. The number of nitrogens with two attached hydrogens (primary N) is 1. The third-order valence-corrected chi connectivity index (χ3v) is 4.17. The Balaban J connectivity index is 2.46. The highest BCUT2D eigenvalue weighted by atomic mass is 35.5. The van der Waals surface area contributed by atoms with Crippen LogP contribution in [0, 0.1) is 6.92 Å². The Morgan fingerprint density at radius 3 is 2.30 bits per heavy atom. The molecule has 4 nitrogen and oxygen atoms in total. The van der Waals surface area contributed by atoms with Crippen LogP contribution in [-0.2, 0) is 0 Å². The monoisotopic (exact) mass is 329 g/mol. The van der Waals surface area contributed by atoms with Gasteiger partial charge in [0.15, 0.2) is 11.5 Å². The van der Waals surface area contributed by atoms with E-state index in [1.165, 1.54) is 0 Å². The van der Waals surface area contributed by atoms with Crippen LogP contribution in [0.2, 0.25) is 5.02 Å². The topological polar surface area (TPSA) is 48.4 Å². The van der Waals surface area contributed by atoms with E-state index in [0.717, 1.165) is 27.7 Å². The molecule has 0 aliphatic heterocycles. The van der Waals surface area contributed by atoms with Gasteiger partial charge in [0.1, 0.15) is 5.39 Å². The van der Waals surface area contributed by atoms with E-state index in [1.54, 1.807) is 18.9 Å². The molecule has 0 spiro atoms. The number of hydrogen-bond donors (Lipinski definition) is 1. The Morgan fingerprint density at radius 2 is 1.70 bits per heavy atom. The summed E-state index contributed by atoms with van der Waals surface area (Å²) in [7, 11) is 3.25. The van der Waals surface area contributed by atoms with Crippen LogP contribution < -0.4 is 20.0 Å². The smallest absolute Gasteiger partial charge is 0.254 e. The molecule has 5 heteroatoms. The van der Waals surface area contributed by atoms with Gasteiger partial charge in [0, 0.05) is 23.6 Å². The normalized spacial score (nSPS) is 10.8. The van der Waals surface area contributed by atoms with Crippen molar-refractivity contribution in [3.63, 3.8) is 0 Å². The second kappa shape index (κ2) is 5.97. The van der Waals surface area contributed by atoms with Crippen LogP contribution >= 0.6 is 11.6 Å². The lowest BCUT2D eigenvalue weighted by molar-refractivity contribution is -0.632. The standard InChI is InChI=1S/C18H18ClN2O2/c1-11-10-13-6-9-15(22-2)18(23-3)16(13)17(21(11)20)12-4-7-14(19)8-5-12/h4-10H,20H2,1-3H3/q+1. The summed E-state index contributed by atoms with van der Waals surface area (Å²) in [5, 5.41) is 2.62. The first-order valence-electron chi connectivity index (χ1n) is 7.18. The summed E-state index contributed by atoms with van der Waals surface area (Å²) in [5.74, 6) is 7.65. The zero-order chi connectivity index (χ0) is 16.6. The predicted octanol–water partition coefficient (Wildman–Crippen LogP) is 3.49. The zero-order valence-corrected chi connectivity index (χ0v) is 14.0. The predicted molar refractivity (Wildman–Crippen MR) is 92.6 cm³/mol. The third kappa shape index (κ3) is 2.55. The summed E-state index contributed by atoms with van der Waals surface area (Å²) < 4.78 is 12.7. The number of rotatable bonds is 3. The Morgan fingerprint density at radius 1 is 1.00 bits per heavy atom. The van der Waals surface area contributed by atoms with Gasteiger partial charge >= 0.3 is 0 Å². The molecule has 1 heterocycles. The number of pyridine rings is 1. The average Bonchev–Trinajstić information content (AvgIpc) is 2.56. The highest BCUT2D eigenvalue weighted by molar-refractivity contribution is 6.30. The quantitative estimate of drug-likeness (QED) is 0.591. The van der Waals surface area contributed by atoms with E-state index in [2.05, 4.69) is 0 Å². The summed E-state index contributed by atoms with van der Waals surface area (Å²) in [5.41, 5.74) is 2.75. The fourth-order valence-electron chi connectivity index (χ4n) is 2.79. The molecule has 0 radical (unpaired) electrons. The molecule has 3 aromatic rings. The molecule has 2 N–H and O–H groups in total. The van der Waals surface area contributed by atoms with Gasteiger partial charge < -0.3 is 9.47 Å². The highest BCUT2D eigenvalue weighted by Gasteiger charge is 2.24. The minimum absolute atomic E-state index is 0.661. The van der Waals surface area contributed by atoms with Crippen LogP contribution in [0.3, 0.4) is 0 Å². The Hall–Kier alpha value is -2.46. The number of benzene rings is 2. The maximum atomic E-state index is 6.32. The number of fused-ring (bicyclic) bond motifs is 1. The lowest BCUT2D eigenvalue weighted by atomic mass is 10.0. The van der Waals surface area contributed by atoms with E-state index in [9.17, 15) is 0 Å². The van der Waals surface area contributed by atoms with Gasteiger partial charge in [-0.15, -0.1) is 0 Å². The third-order valence-electron chi connectivity index (χ3n) is 3.92. The number of ether oxygens (including phenoxy) is 2. The summed E-state index contributed by atoms with van der Waals surface area (Å²) in [6.07, 6.45) is 0. The number of hydrogen-bond acceptors (Lipinski definition) is 3. The molecule has 0 fully saturated rings. The molecule has 0 unspecified atom stereocenters. The molecule has 0 aliphatic rings. The fourth-order valence-corrected chi connectivity index (χ4v) is 2.92. The van der Waals surface area contributed by atoms with Gasteiger partial charge in [0.05, 0.1) is 14.2 Å². The number of methoxy groups -OCH3 is 2. The van der Waals surface area contributed by atoms with E-state index in [-0.39, 0.29) is 0 Å². The van der Waals surface area contributed by atoms with Gasteiger partial charge in [-0.2, -0.15) is 0 Å². The molecule has 1 aromatic heterocycles. The lowest BCUT2D eigenvalue weighted by Gasteiger charge is -2.13. The van der Waals surface area contributed by atoms with E-state index in [1.807, 2.05) is 49.4 Å². The molecule has 118 valence electrons. The maximum Gasteiger partial charge on any atom is 0.254 e.